The van der Waals surface area contributed by atoms with Crippen LogP contribution in [0, 0.1) is 17.3 Å². The fourth-order valence-corrected chi connectivity index (χ4v) is 4.95. The molecule has 2 bridgehead atoms. The lowest BCUT2D eigenvalue weighted by atomic mass is 9.81. The zero-order valence-electron chi connectivity index (χ0n) is 12.4. The molecule has 3 rings (SSSR count). The molecule has 0 aliphatic heterocycles. The number of ether oxygens (including phenoxy) is 1. The van der Waals surface area contributed by atoms with Gasteiger partial charge in [-0.25, -0.2) is 0 Å². The fourth-order valence-electron chi connectivity index (χ4n) is 4.95. The molecule has 3 aliphatic carbocycles. The molecule has 3 fully saturated rings. The Morgan fingerprint density at radius 2 is 1.79 bits per heavy atom. The van der Waals surface area contributed by atoms with E-state index in [2.05, 4.69) is 0 Å². The number of hydrogen-bond donors (Lipinski definition) is 1. The molecule has 0 aromatic carbocycles. The first-order valence-electron chi connectivity index (χ1n) is 8.63. The van der Waals surface area contributed by atoms with Crippen molar-refractivity contribution in [2.24, 2.45) is 23.0 Å². The van der Waals surface area contributed by atoms with Crippen LogP contribution in [0.3, 0.4) is 0 Å². The van der Waals surface area contributed by atoms with E-state index in [0.29, 0.717) is 5.41 Å². The normalized spacial score (nSPS) is 36.8. The second-order valence-electron chi connectivity index (χ2n) is 7.55. The predicted octanol–water partition coefficient (Wildman–Crippen LogP) is 4.23. The van der Waals surface area contributed by atoms with Crippen molar-refractivity contribution in [1.29, 1.82) is 0 Å². The van der Waals surface area contributed by atoms with Gasteiger partial charge in [0.1, 0.15) is 6.23 Å². The Bertz CT molecular complexity index is 277. The van der Waals surface area contributed by atoms with Crippen LogP contribution >= 0.6 is 0 Å². The molecule has 110 valence electrons. The van der Waals surface area contributed by atoms with Gasteiger partial charge in [0.2, 0.25) is 0 Å². The Labute approximate surface area is 118 Å². The van der Waals surface area contributed by atoms with E-state index < -0.39 is 0 Å². The van der Waals surface area contributed by atoms with Gasteiger partial charge in [0, 0.05) is 6.61 Å². The first-order valence-corrected chi connectivity index (χ1v) is 8.63. The van der Waals surface area contributed by atoms with Crippen molar-refractivity contribution in [2.75, 3.05) is 6.61 Å². The third-order valence-electron chi connectivity index (χ3n) is 6.10. The minimum Gasteiger partial charge on any atom is -0.364 e. The molecule has 0 amide bonds. The molecule has 2 N–H and O–H groups in total. The Kier molecular flexibility index (Phi) is 4.48. The van der Waals surface area contributed by atoms with Crippen molar-refractivity contribution in [3.8, 4) is 0 Å². The monoisotopic (exact) mass is 265 g/mol. The maximum absolute atomic E-state index is 6.23. The van der Waals surface area contributed by atoms with E-state index >= 15 is 0 Å². The Balaban J connectivity index is 1.33. The summed E-state index contributed by atoms with van der Waals surface area (Å²) in [6, 6.07) is 0. The third kappa shape index (κ3) is 3.52. The van der Waals surface area contributed by atoms with Gasteiger partial charge in [-0.15, -0.1) is 0 Å². The molecule has 0 spiro atoms. The van der Waals surface area contributed by atoms with E-state index in [4.69, 9.17) is 10.5 Å². The van der Waals surface area contributed by atoms with Crippen LogP contribution in [0.4, 0.5) is 0 Å². The molecule has 0 aromatic rings. The van der Waals surface area contributed by atoms with Crippen molar-refractivity contribution in [1.82, 2.24) is 0 Å². The van der Waals surface area contributed by atoms with Crippen LogP contribution in [0.2, 0.25) is 0 Å². The van der Waals surface area contributed by atoms with Crippen LogP contribution in [0.15, 0.2) is 0 Å². The van der Waals surface area contributed by atoms with Crippen molar-refractivity contribution in [3.05, 3.63) is 0 Å². The molecule has 3 saturated carbocycles. The van der Waals surface area contributed by atoms with Gasteiger partial charge in [-0.1, -0.05) is 32.1 Å². The summed E-state index contributed by atoms with van der Waals surface area (Å²) in [6.07, 6.45) is 16.7. The van der Waals surface area contributed by atoms with E-state index in [1.807, 2.05) is 0 Å². The van der Waals surface area contributed by atoms with Crippen molar-refractivity contribution >= 4 is 0 Å². The van der Waals surface area contributed by atoms with E-state index in [1.165, 1.54) is 70.6 Å². The molecule has 2 heteroatoms. The maximum Gasteiger partial charge on any atom is 0.106 e. The van der Waals surface area contributed by atoms with Crippen LogP contribution in [-0.4, -0.2) is 12.8 Å². The number of rotatable bonds is 6. The second kappa shape index (κ2) is 6.13. The standard InChI is InChI=1S/C17H31NO/c18-16(13-17-9-6-15(12-17)7-10-17)19-11-8-14-4-2-1-3-5-14/h14-16H,1-13,18H2. The van der Waals surface area contributed by atoms with E-state index in [1.54, 1.807) is 0 Å². The summed E-state index contributed by atoms with van der Waals surface area (Å²) < 4.78 is 5.93. The van der Waals surface area contributed by atoms with Gasteiger partial charge in [-0.3, -0.25) is 0 Å². The SMILES string of the molecule is NC(CC12CCC(CC1)C2)OCCC1CCCCC1. The first kappa shape index (κ1) is 13.9. The highest BCUT2D eigenvalue weighted by Gasteiger charge is 2.45. The summed E-state index contributed by atoms with van der Waals surface area (Å²) in [6.45, 7) is 0.894. The molecule has 0 saturated heterocycles. The van der Waals surface area contributed by atoms with Gasteiger partial charge in [0.15, 0.2) is 0 Å². The lowest BCUT2D eigenvalue weighted by Gasteiger charge is -2.30. The molecular formula is C17H31NO. The smallest absolute Gasteiger partial charge is 0.106 e. The molecule has 2 nitrogen and oxygen atoms in total. The minimum atomic E-state index is 0.000408. The first-order chi connectivity index (χ1) is 9.26. The van der Waals surface area contributed by atoms with Crippen LogP contribution in [-0.2, 0) is 4.74 Å². The van der Waals surface area contributed by atoms with Crippen LogP contribution in [0.5, 0.6) is 0 Å². The quantitative estimate of drug-likeness (QED) is 0.729. The number of nitrogens with two attached hydrogens (primary N) is 1. The topological polar surface area (TPSA) is 35.2 Å². The van der Waals surface area contributed by atoms with Crippen LogP contribution < -0.4 is 5.73 Å². The van der Waals surface area contributed by atoms with Gasteiger partial charge < -0.3 is 10.5 Å². The molecule has 0 aromatic heterocycles. The second-order valence-corrected chi connectivity index (χ2v) is 7.55. The van der Waals surface area contributed by atoms with Gasteiger partial charge in [-0.05, 0) is 62.2 Å². The summed E-state index contributed by atoms with van der Waals surface area (Å²) in [5.41, 5.74) is 6.80. The summed E-state index contributed by atoms with van der Waals surface area (Å²) in [7, 11) is 0. The summed E-state index contributed by atoms with van der Waals surface area (Å²) in [5.74, 6) is 1.94. The molecule has 0 radical (unpaired) electrons. The van der Waals surface area contributed by atoms with Crippen molar-refractivity contribution < 1.29 is 4.74 Å². The van der Waals surface area contributed by atoms with Crippen molar-refractivity contribution in [2.45, 2.75) is 83.3 Å². The van der Waals surface area contributed by atoms with Crippen LogP contribution in [0.1, 0.15) is 77.0 Å². The molecule has 3 aliphatic rings. The van der Waals surface area contributed by atoms with E-state index in [9.17, 15) is 0 Å². The van der Waals surface area contributed by atoms with E-state index in [-0.39, 0.29) is 6.23 Å². The molecule has 19 heavy (non-hydrogen) atoms. The van der Waals surface area contributed by atoms with Gasteiger partial charge >= 0.3 is 0 Å². The predicted molar refractivity (Wildman–Crippen MR) is 78.7 cm³/mol. The lowest BCUT2D eigenvalue weighted by Crippen LogP contribution is -2.32. The van der Waals surface area contributed by atoms with Crippen LogP contribution in [0.25, 0.3) is 0 Å². The Morgan fingerprint density at radius 3 is 2.42 bits per heavy atom. The zero-order valence-corrected chi connectivity index (χ0v) is 12.4. The van der Waals surface area contributed by atoms with Crippen molar-refractivity contribution in [3.63, 3.8) is 0 Å². The maximum atomic E-state index is 6.23. The Morgan fingerprint density at radius 1 is 1.05 bits per heavy atom. The largest absolute Gasteiger partial charge is 0.364 e. The van der Waals surface area contributed by atoms with E-state index in [0.717, 1.165) is 24.9 Å². The molecule has 1 atom stereocenters. The summed E-state index contributed by atoms with van der Waals surface area (Å²) >= 11 is 0. The summed E-state index contributed by atoms with van der Waals surface area (Å²) in [5, 5.41) is 0. The highest BCUT2D eigenvalue weighted by molar-refractivity contribution is 4.96. The Hall–Kier alpha value is -0.0800. The third-order valence-corrected chi connectivity index (χ3v) is 6.10. The molecule has 1 unspecified atom stereocenters. The fraction of sp³-hybridized carbons (Fsp3) is 1.00. The van der Waals surface area contributed by atoms with Gasteiger partial charge in [0.25, 0.3) is 0 Å². The highest BCUT2D eigenvalue weighted by Crippen LogP contribution is 2.56. The average Bonchev–Trinajstić information content (AvgIpc) is 3.00. The number of fused-ring (bicyclic) bond motifs is 2. The zero-order chi connectivity index (χ0) is 13.1. The summed E-state index contributed by atoms with van der Waals surface area (Å²) in [4.78, 5) is 0. The van der Waals surface area contributed by atoms with Gasteiger partial charge in [0.05, 0.1) is 0 Å². The molecule has 0 heterocycles. The lowest BCUT2D eigenvalue weighted by molar-refractivity contribution is 0.0127. The van der Waals surface area contributed by atoms with Gasteiger partial charge in [-0.2, -0.15) is 0 Å². The average molecular weight is 265 g/mol. The molecular weight excluding hydrogens is 234 g/mol. The minimum absolute atomic E-state index is 0.000408. The number of hydrogen-bond acceptors (Lipinski definition) is 2. The highest BCUT2D eigenvalue weighted by atomic mass is 16.5.